The van der Waals surface area contributed by atoms with E-state index in [2.05, 4.69) is 39.3 Å². The van der Waals surface area contributed by atoms with Gasteiger partial charge in [0.05, 0.1) is 11.6 Å². The molecule has 2 aromatic rings. The Morgan fingerprint density at radius 2 is 1.76 bits per heavy atom. The highest BCUT2D eigenvalue weighted by atomic mass is 127. The Kier molecular flexibility index (Phi) is 8.92. The maximum absolute atomic E-state index is 12.4. The van der Waals surface area contributed by atoms with E-state index in [9.17, 15) is 9.90 Å². The minimum absolute atomic E-state index is 0.114. The zero-order valence-corrected chi connectivity index (χ0v) is 22.3. The first-order chi connectivity index (χ1) is 16.5. The van der Waals surface area contributed by atoms with Crippen molar-refractivity contribution in [2.75, 3.05) is 5.75 Å². The molecule has 1 saturated heterocycles. The SMILES string of the molecule is N#Cc1ccc(C2CSC(NC(Cc3ccc(I)cc3)C(=O)O)(C3CCCCCCC3)N2)cc1. The summed E-state index contributed by atoms with van der Waals surface area (Å²) in [6.07, 6.45) is 8.82. The molecule has 1 aliphatic heterocycles. The first-order valence-electron chi connectivity index (χ1n) is 12.2. The topological polar surface area (TPSA) is 85.2 Å². The summed E-state index contributed by atoms with van der Waals surface area (Å²) >= 11 is 4.10. The molecule has 0 aromatic heterocycles. The Morgan fingerprint density at radius 1 is 1.12 bits per heavy atom. The summed E-state index contributed by atoms with van der Waals surface area (Å²) < 4.78 is 1.14. The quantitative estimate of drug-likeness (QED) is 0.352. The second kappa shape index (κ2) is 11.9. The van der Waals surface area contributed by atoms with Crippen molar-refractivity contribution in [3.05, 3.63) is 68.8 Å². The molecule has 34 heavy (non-hydrogen) atoms. The van der Waals surface area contributed by atoms with Gasteiger partial charge in [-0.2, -0.15) is 5.26 Å². The fraction of sp³-hybridized carbons (Fsp3) is 0.481. The van der Waals surface area contributed by atoms with Crippen LogP contribution in [0.3, 0.4) is 0 Å². The Labute approximate surface area is 220 Å². The number of rotatable bonds is 7. The predicted molar refractivity (Wildman–Crippen MR) is 145 cm³/mol. The number of nitrogens with one attached hydrogen (secondary N) is 2. The van der Waals surface area contributed by atoms with Crippen LogP contribution in [0.25, 0.3) is 0 Å². The molecule has 0 spiro atoms. The molecule has 1 heterocycles. The second-order valence-corrected chi connectivity index (χ2v) is 11.9. The van der Waals surface area contributed by atoms with Crippen molar-refractivity contribution in [3.8, 4) is 6.07 Å². The molecule has 2 aliphatic rings. The summed E-state index contributed by atoms with van der Waals surface area (Å²) in [5.74, 6) is 0.415. The summed E-state index contributed by atoms with van der Waals surface area (Å²) in [5.41, 5.74) is 2.83. The Morgan fingerprint density at radius 3 is 2.38 bits per heavy atom. The summed E-state index contributed by atoms with van der Waals surface area (Å²) in [6.45, 7) is 0. The molecule has 180 valence electrons. The first-order valence-corrected chi connectivity index (χ1v) is 14.2. The zero-order valence-electron chi connectivity index (χ0n) is 19.3. The highest BCUT2D eigenvalue weighted by Gasteiger charge is 2.47. The minimum atomic E-state index is -0.812. The van der Waals surface area contributed by atoms with Gasteiger partial charge in [-0.05, 0) is 77.2 Å². The van der Waals surface area contributed by atoms with Crippen LogP contribution in [0.2, 0.25) is 0 Å². The van der Waals surface area contributed by atoms with E-state index in [-0.39, 0.29) is 6.04 Å². The van der Waals surface area contributed by atoms with E-state index < -0.39 is 17.0 Å². The molecule has 0 radical (unpaired) electrons. The Balaban J connectivity index is 1.59. The smallest absolute Gasteiger partial charge is 0.321 e. The van der Waals surface area contributed by atoms with Crippen LogP contribution in [0.15, 0.2) is 48.5 Å². The van der Waals surface area contributed by atoms with Crippen LogP contribution in [-0.2, 0) is 11.2 Å². The van der Waals surface area contributed by atoms with Gasteiger partial charge in [0.15, 0.2) is 0 Å². The third kappa shape index (κ3) is 6.34. The maximum atomic E-state index is 12.4. The lowest BCUT2D eigenvalue weighted by molar-refractivity contribution is -0.140. The molecule has 5 nitrogen and oxygen atoms in total. The van der Waals surface area contributed by atoms with Crippen molar-refractivity contribution in [1.82, 2.24) is 10.6 Å². The molecule has 3 atom stereocenters. The highest BCUT2D eigenvalue weighted by molar-refractivity contribution is 14.1. The van der Waals surface area contributed by atoms with Crippen LogP contribution >= 0.6 is 34.4 Å². The lowest BCUT2D eigenvalue weighted by atomic mass is 9.87. The van der Waals surface area contributed by atoms with E-state index in [0.717, 1.165) is 33.3 Å². The van der Waals surface area contributed by atoms with Crippen LogP contribution in [0.1, 0.15) is 67.7 Å². The lowest BCUT2D eigenvalue weighted by Gasteiger charge is -2.41. The molecule has 3 unspecified atom stereocenters. The van der Waals surface area contributed by atoms with Crippen molar-refractivity contribution >= 4 is 40.3 Å². The van der Waals surface area contributed by atoms with Gasteiger partial charge in [-0.1, -0.05) is 56.4 Å². The Hall–Kier alpha value is -1.60. The minimum Gasteiger partial charge on any atom is -0.480 e. The molecule has 7 heteroatoms. The molecule has 1 saturated carbocycles. The lowest BCUT2D eigenvalue weighted by Crippen LogP contribution is -2.62. The number of aliphatic carboxylic acids is 1. The summed E-state index contributed by atoms with van der Waals surface area (Å²) in [5, 5.41) is 26.8. The van der Waals surface area contributed by atoms with E-state index in [0.29, 0.717) is 17.9 Å². The molecule has 2 fully saturated rings. The molecule has 4 rings (SSSR count). The van der Waals surface area contributed by atoms with Gasteiger partial charge >= 0.3 is 5.97 Å². The average Bonchev–Trinajstić information content (AvgIpc) is 3.25. The number of hydrogen-bond donors (Lipinski definition) is 3. The van der Waals surface area contributed by atoms with E-state index >= 15 is 0 Å². The Bertz CT molecular complexity index is 1000. The predicted octanol–water partition coefficient (Wildman–Crippen LogP) is 5.84. The fourth-order valence-corrected chi connectivity index (χ4v) is 7.13. The van der Waals surface area contributed by atoms with Gasteiger partial charge in [0.2, 0.25) is 0 Å². The van der Waals surface area contributed by atoms with Crippen LogP contribution in [0.4, 0.5) is 0 Å². The van der Waals surface area contributed by atoms with Gasteiger partial charge in [-0.15, -0.1) is 11.8 Å². The molecule has 2 aromatic carbocycles. The van der Waals surface area contributed by atoms with Crippen LogP contribution in [0, 0.1) is 20.8 Å². The third-order valence-electron chi connectivity index (χ3n) is 7.03. The molecule has 0 bridgehead atoms. The molecular weight excluding hydrogens is 557 g/mol. The van der Waals surface area contributed by atoms with Crippen molar-refractivity contribution < 1.29 is 9.90 Å². The van der Waals surface area contributed by atoms with Gasteiger partial charge in [0.1, 0.15) is 11.0 Å². The fourth-order valence-electron chi connectivity index (χ4n) is 5.14. The first kappa shape index (κ1) is 25.5. The number of carbonyl (C=O) groups is 1. The number of benzene rings is 2. The largest absolute Gasteiger partial charge is 0.480 e. The standard InChI is InChI=1S/C27H32IN3O2S/c28-23-14-10-19(11-15-23)16-24(26(32)33)30-27(22-6-4-2-1-3-5-7-22)31-25(18-34-27)21-12-8-20(17-29)9-13-21/h8-15,22,24-25,30-31H,1-7,16,18H2,(H,32,33). The summed E-state index contributed by atoms with van der Waals surface area (Å²) in [7, 11) is 0. The number of carboxylic acids is 1. The number of halogens is 1. The maximum Gasteiger partial charge on any atom is 0.321 e. The zero-order chi connectivity index (χ0) is 24.0. The van der Waals surface area contributed by atoms with E-state index in [4.69, 9.17) is 5.26 Å². The summed E-state index contributed by atoms with van der Waals surface area (Å²) in [6, 6.07) is 17.5. The van der Waals surface area contributed by atoms with Crippen LogP contribution in [-0.4, -0.2) is 27.9 Å². The van der Waals surface area contributed by atoms with Crippen LogP contribution in [0.5, 0.6) is 0 Å². The van der Waals surface area contributed by atoms with E-state index in [1.807, 2.05) is 60.3 Å². The van der Waals surface area contributed by atoms with Gasteiger partial charge in [0, 0.05) is 21.3 Å². The molecule has 3 N–H and O–H groups in total. The van der Waals surface area contributed by atoms with Crippen molar-refractivity contribution in [1.29, 1.82) is 5.26 Å². The number of nitriles is 1. The van der Waals surface area contributed by atoms with Gasteiger partial charge in [-0.25, -0.2) is 0 Å². The normalized spacial score (nSPS) is 24.6. The molecule has 0 amide bonds. The van der Waals surface area contributed by atoms with Gasteiger partial charge in [-0.3, -0.25) is 15.4 Å². The van der Waals surface area contributed by atoms with E-state index in [1.54, 1.807) is 0 Å². The summed E-state index contributed by atoms with van der Waals surface area (Å²) in [4.78, 5) is 11.9. The molecule has 1 aliphatic carbocycles. The van der Waals surface area contributed by atoms with Crippen LogP contribution < -0.4 is 10.6 Å². The average molecular weight is 590 g/mol. The monoisotopic (exact) mass is 589 g/mol. The third-order valence-corrected chi connectivity index (χ3v) is 9.27. The number of hydrogen-bond acceptors (Lipinski definition) is 5. The number of carboxylic acid groups (broad SMARTS) is 1. The second-order valence-electron chi connectivity index (χ2n) is 9.39. The van der Waals surface area contributed by atoms with Gasteiger partial charge in [0.25, 0.3) is 0 Å². The van der Waals surface area contributed by atoms with Gasteiger partial charge < -0.3 is 5.11 Å². The number of thioether (sulfide) groups is 1. The van der Waals surface area contributed by atoms with Crippen molar-refractivity contribution in [2.24, 2.45) is 5.92 Å². The number of nitrogens with zero attached hydrogens (tertiary/aromatic N) is 1. The molecular formula is C27H32IN3O2S. The van der Waals surface area contributed by atoms with Crippen molar-refractivity contribution in [3.63, 3.8) is 0 Å². The highest BCUT2D eigenvalue weighted by Crippen LogP contribution is 2.45. The van der Waals surface area contributed by atoms with Crippen molar-refractivity contribution in [2.45, 2.75) is 68.4 Å². The van der Waals surface area contributed by atoms with E-state index in [1.165, 1.54) is 32.1 Å².